The van der Waals surface area contributed by atoms with Crippen molar-refractivity contribution >= 4 is 8.07 Å². The zero-order chi connectivity index (χ0) is 8.36. The van der Waals surface area contributed by atoms with E-state index in [1.807, 2.05) is 12.1 Å². The fraction of sp³-hybridized carbons (Fsp3) is 1.00. The Kier molecular flexibility index (Phi) is 3.55. The molecule has 0 N–H and O–H groups in total. The zero-order valence-electron chi connectivity index (χ0n) is 7.93. The van der Waals surface area contributed by atoms with E-state index < -0.39 is 8.07 Å². The highest BCUT2D eigenvalue weighted by Crippen LogP contribution is 2.11. The summed E-state index contributed by atoms with van der Waals surface area (Å²) in [6, 6.07) is 0. The molecule has 0 radical (unpaired) electrons. The van der Waals surface area contributed by atoms with Crippen molar-refractivity contribution in [3.63, 3.8) is 0 Å². The summed E-state index contributed by atoms with van der Waals surface area (Å²) in [6.07, 6.45) is 0. The minimum Gasteiger partial charge on any atom is -0.303 e. The minimum atomic E-state index is -1.04. The van der Waals surface area contributed by atoms with Gasteiger partial charge in [0.1, 0.15) is 0 Å². The van der Waals surface area contributed by atoms with Gasteiger partial charge in [-0.05, 0) is 6.92 Å². The Bertz CT molecular complexity index is 100. The molecule has 3 heteroatoms. The smallest absolute Gasteiger partial charge is 0.0665 e. The third kappa shape index (κ3) is 2.81. The maximum atomic E-state index is 5.11. The lowest BCUT2D eigenvalue weighted by molar-refractivity contribution is -0.119. The molecule has 0 aliphatic carbocycles. The number of nitrogens with zero attached hydrogens (tertiary/aromatic N) is 1. The molecule has 10 heavy (non-hydrogen) atoms. The molecule has 0 heterocycles. The van der Waals surface area contributed by atoms with Crippen LogP contribution in [0.5, 0.6) is 0 Å². The van der Waals surface area contributed by atoms with Crippen LogP contribution < -0.4 is 0 Å². The number of hydrogen-bond acceptors (Lipinski definition) is 2. The summed E-state index contributed by atoms with van der Waals surface area (Å²) in [6.45, 7) is 9.24. The fourth-order valence-corrected chi connectivity index (χ4v) is 1.90. The van der Waals surface area contributed by atoms with Crippen LogP contribution in [0.1, 0.15) is 6.92 Å². The van der Waals surface area contributed by atoms with Crippen LogP contribution in [-0.2, 0) is 4.84 Å². The Labute approximate surface area is 65.1 Å². The first kappa shape index (κ1) is 10.1. The molecular formula is C7H19NOSi. The molecule has 1 atom stereocenters. The summed E-state index contributed by atoms with van der Waals surface area (Å²) >= 11 is 0. The molecule has 0 aromatic rings. The first-order valence-electron chi connectivity index (χ1n) is 3.66. The third-order valence-electron chi connectivity index (χ3n) is 2.09. The van der Waals surface area contributed by atoms with Crippen molar-refractivity contribution in [3.8, 4) is 0 Å². The van der Waals surface area contributed by atoms with E-state index in [0.717, 1.165) is 0 Å². The molecule has 0 rings (SSSR count). The molecule has 0 spiro atoms. The van der Waals surface area contributed by atoms with Crippen molar-refractivity contribution in [3.05, 3.63) is 0 Å². The van der Waals surface area contributed by atoms with Crippen molar-refractivity contribution in [2.75, 3.05) is 14.2 Å². The zero-order valence-corrected chi connectivity index (χ0v) is 8.93. The number of hydrogen-bond donors (Lipinski definition) is 0. The van der Waals surface area contributed by atoms with Gasteiger partial charge in [-0.2, -0.15) is 5.06 Å². The van der Waals surface area contributed by atoms with E-state index >= 15 is 0 Å². The van der Waals surface area contributed by atoms with Crippen LogP contribution in [0.3, 0.4) is 0 Å². The van der Waals surface area contributed by atoms with Crippen molar-refractivity contribution in [2.24, 2.45) is 0 Å². The van der Waals surface area contributed by atoms with Gasteiger partial charge in [-0.15, -0.1) is 0 Å². The Hall–Kier alpha value is 0.137. The SMILES string of the molecule is CON(C)C(C)[Si](C)(C)C. The van der Waals surface area contributed by atoms with Gasteiger partial charge in [-0.1, -0.05) is 19.6 Å². The molecule has 2 nitrogen and oxygen atoms in total. The molecule has 0 saturated heterocycles. The lowest BCUT2D eigenvalue weighted by Crippen LogP contribution is -2.46. The molecule has 0 bridgehead atoms. The van der Waals surface area contributed by atoms with Gasteiger partial charge in [0.15, 0.2) is 0 Å². The molecule has 0 aromatic heterocycles. The average molecular weight is 161 g/mol. The summed E-state index contributed by atoms with van der Waals surface area (Å²) in [4.78, 5) is 5.11. The highest BCUT2D eigenvalue weighted by Gasteiger charge is 2.25. The monoisotopic (exact) mass is 161 g/mol. The van der Waals surface area contributed by atoms with E-state index in [9.17, 15) is 0 Å². The first-order valence-corrected chi connectivity index (χ1v) is 7.24. The van der Waals surface area contributed by atoms with Gasteiger partial charge in [-0.3, -0.25) is 0 Å². The second kappa shape index (κ2) is 3.51. The Morgan fingerprint density at radius 3 is 1.80 bits per heavy atom. The Balaban J connectivity index is 3.94. The molecule has 62 valence electrons. The molecule has 0 aliphatic heterocycles. The maximum absolute atomic E-state index is 5.11. The van der Waals surface area contributed by atoms with Gasteiger partial charge >= 0.3 is 0 Å². The summed E-state index contributed by atoms with van der Waals surface area (Å²) in [5.74, 6) is 0. The van der Waals surface area contributed by atoms with Crippen molar-refractivity contribution < 1.29 is 4.84 Å². The second-order valence-electron chi connectivity index (χ2n) is 3.77. The van der Waals surface area contributed by atoms with Gasteiger partial charge in [0.05, 0.1) is 15.2 Å². The molecular weight excluding hydrogens is 142 g/mol. The maximum Gasteiger partial charge on any atom is 0.0665 e. The summed E-state index contributed by atoms with van der Waals surface area (Å²) in [5, 5.41) is 1.94. The van der Waals surface area contributed by atoms with E-state index in [1.165, 1.54) is 0 Å². The largest absolute Gasteiger partial charge is 0.303 e. The summed E-state index contributed by atoms with van der Waals surface area (Å²) in [5.41, 5.74) is 0.581. The first-order chi connectivity index (χ1) is 4.39. The van der Waals surface area contributed by atoms with Crippen molar-refractivity contribution in [1.29, 1.82) is 0 Å². The van der Waals surface area contributed by atoms with Gasteiger partial charge in [0.2, 0.25) is 0 Å². The van der Waals surface area contributed by atoms with Crippen LogP contribution in [0.2, 0.25) is 19.6 Å². The third-order valence-corrected chi connectivity index (χ3v) is 4.96. The Morgan fingerprint density at radius 2 is 1.70 bits per heavy atom. The highest BCUT2D eigenvalue weighted by molar-refractivity contribution is 6.77. The van der Waals surface area contributed by atoms with Crippen LogP contribution in [0.15, 0.2) is 0 Å². The quantitative estimate of drug-likeness (QED) is 0.462. The number of hydroxylamine groups is 2. The summed E-state index contributed by atoms with van der Waals surface area (Å²) in [7, 11) is 2.66. The van der Waals surface area contributed by atoms with Gasteiger partial charge in [-0.25, -0.2) is 0 Å². The fourth-order valence-electron chi connectivity index (χ4n) is 0.704. The Morgan fingerprint density at radius 1 is 1.30 bits per heavy atom. The topological polar surface area (TPSA) is 12.5 Å². The van der Waals surface area contributed by atoms with E-state index in [0.29, 0.717) is 5.67 Å². The molecule has 0 saturated carbocycles. The molecule has 1 unspecified atom stereocenters. The average Bonchev–Trinajstić information content (AvgIpc) is 1.83. The lowest BCUT2D eigenvalue weighted by Gasteiger charge is -2.31. The molecule has 0 fully saturated rings. The summed E-state index contributed by atoms with van der Waals surface area (Å²) < 4.78 is 0. The predicted octanol–water partition coefficient (Wildman–Crippen LogP) is 1.75. The van der Waals surface area contributed by atoms with Crippen LogP contribution in [0.25, 0.3) is 0 Å². The van der Waals surface area contributed by atoms with E-state index in [4.69, 9.17) is 4.84 Å². The van der Waals surface area contributed by atoms with Gasteiger partial charge < -0.3 is 4.84 Å². The van der Waals surface area contributed by atoms with Crippen LogP contribution >= 0.6 is 0 Å². The highest BCUT2D eigenvalue weighted by atomic mass is 28.3. The predicted molar refractivity (Wildman–Crippen MR) is 47.6 cm³/mol. The lowest BCUT2D eigenvalue weighted by atomic mass is 10.7. The van der Waals surface area contributed by atoms with E-state index in [2.05, 4.69) is 26.6 Å². The van der Waals surface area contributed by atoms with Crippen LogP contribution in [0.4, 0.5) is 0 Å². The van der Waals surface area contributed by atoms with Gasteiger partial charge in [0, 0.05) is 12.7 Å². The van der Waals surface area contributed by atoms with Crippen LogP contribution in [0, 0.1) is 0 Å². The molecule has 0 amide bonds. The van der Waals surface area contributed by atoms with Crippen molar-refractivity contribution in [2.45, 2.75) is 32.2 Å². The van der Waals surface area contributed by atoms with E-state index in [1.54, 1.807) is 7.11 Å². The van der Waals surface area contributed by atoms with E-state index in [-0.39, 0.29) is 0 Å². The van der Waals surface area contributed by atoms with Crippen molar-refractivity contribution in [1.82, 2.24) is 5.06 Å². The minimum absolute atomic E-state index is 0.581. The number of rotatable bonds is 3. The van der Waals surface area contributed by atoms with Gasteiger partial charge in [0.25, 0.3) is 0 Å². The molecule has 0 aromatic carbocycles. The standard InChI is InChI=1S/C7H19NOSi/c1-7(8(2)9-3)10(4,5)6/h7H,1-6H3. The normalized spacial score (nSPS) is 15.9. The molecule has 0 aliphatic rings. The van der Waals surface area contributed by atoms with Crippen LogP contribution in [-0.4, -0.2) is 33.0 Å². The second-order valence-corrected chi connectivity index (χ2v) is 9.34.